The second kappa shape index (κ2) is 13.9. The molecule has 11 rings (SSSR count). The fourth-order valence-corrected chi connectivity index (χ4v) is 9.59. The SMILES string of the molecule is Cc1ccc(C2(c3ccc(C)cc3)c3cc(N(c4ccc(-c5ccccc5)cc4)c4ccc(-c5ccccc5)cc4)ccc3-n3c4ccccc4c4cccc2c43)cc1. The maximum absolute atomic E-state index is 2.52. The van der Waals surface area contributed by atoms with Gasteiger partial charge in [-0.25, -0.2) is 0 Å². The van der Waals surface area contributed by atoms with Crippen LogP contribution in [0.4, 0.5) is 17.1 Å². The van der Waals surface area contributed by atoms with Gasteiger partial charge in [0.25, 0.3) is 0 Å². The van der Waals surface area contributed by atoms with Crippen LogP contribution in [0.1, 0.15) is 33.4 Å². The highest BCUT2D eigenvalue weighted by molar-refractivity contribution is 6.12. The minimum absolute atomic E-state index is 0.614. The standard InChI is InChI=1S/C57H42N2/c1-39-20-28-45(29-21-39)57(46-30-22-40(2)23-31-46)52-18-11-17-51-50-16-9-10-19-54(50)59(56(51)52)55-37-36-49(38-53(55)57)58(47-32-24-43(25-33-47)41-12-5-3-6-13-41)48-34-26-44(27-35-48)42-14-7-4-8-15-42/h3-38H,1-2H3. The largest absolute Gasteiger partial charge is 0.310 e. The predicted octanol–water partition coefficient (Wildman–Crippen LogP) is 14.9. The Morgan fingerprint density at radius 2 is 0.847 bits per heavy atom. The lowest BCUT2D eigenvalue weighted by Crippen LogP contribution is -2.35. The molecule has 0 spiro atoms. The molecule has 0 saturated heterocycles. The Kier molecular flexibility index (Phi) is 8.20. The lowest BCUT2D eigenvalue weighted by molar-refractivity contribution is 0.727. The Hall–Kier alpha value is -7.42. The molecule has 2 heteroatoms. The average molecular weight is 755 g/mol. The molecule has 1 aliphatic rings. The lowest BCUT2D eigenvalue weighted by Gasteiger charge is -2.42. The summed E-state index contributed by atoms with van der Waals surface area (Å²) in [5.74, 6) is 0. The van der Waals surface area contributed by atoms with Crippen molar-refractivity contribution in [1.82, 2.24) is 4.57 Å². The number of rotatable bonds is 7. The molecule has 0 fully saturated rings. The first-order valence-corrected chi connectivity index (χ1v) is 20.5. The number of para-hydroxylation sites is 2. The third-order valence-corrected chi connectivity index (χ3v) is 12.4. The molecule has 2 heterocycles. The Bertz CT molecular complexity index is 2990. The fourth-order valence-electron chi connectivity index (χ4n) is 9.59. The fraction of sp³-hybridized carbons (Fsp3) is 0.0526. The summed E-state index contributed by atoms with van der Waals surface area (Å²) in [6, 6.07) is 80.7. The van der Waals surface area contributed by atoms with Crippen molar-refractivity contribution in [2.75, 3.05) is 4.90 Å². The van der Waals surface area contributed by atoms with Crippen molar-refractivity contribution in [3.05, 3.63) is 252 Å². The number of aromatic nitrogens is 1. The van der Waals surface area contributed by atoms with Crippen LogP contribution >= 0.6 is 0 Å². The van der Waals surface area contributed by atoms with Crippen LogP contribution < -0.4 is 4.90 Å². The summed E-state index contributed by atoms with van der Waals surface area (Å²) in [6.07, 6.45) is 0. The van der Waals surface area contributed by atoms with Gasteiger partial charge in [-0.1, -0.05) is 181 Å². The molecule has 0 N–H and O–H groups in total. The van der Waals surface area contributed by atoms with Gasteiger partial charge in [-0.05, 0) is 107 Å². The van der Waals surface area contributed by atoms with Gasteiger partial charge in [0, 0.05) is 27.8 Å². The van der Waals surface area contributed by atoms with E-state index in [1.165, 1.54) is 83.1 Å². The second-order valence-corrected chi connectivity index (χ2v) is 15.9. The van der Waals surface area contributed by atoms with Gasteiger partial charge in [-0.2, -0.15) is 0 Å². The topological polar surface area (TPSA) is 8.17 Å². The van der Waals surface area contributed by atoms with Crippen molar-refractivity contribution < 1.29 is 0 Å². The van der Waals surface area contributed by atoms with E-state index in [2.05, 4.69) is 242 Å². The molecule has 280 valence electrons. The van der Waals surface area contributed by atoms with E-state index in [-0.39, 0.29) is 0 Å². The number of nitrogens with zero attached hydrogens (tertiary/aromatic N) is 2. The number of anilines is 3. The zero-order valence-corrected chi connectivity index (χ0v) is 33.2. The highest BCUT2D eigenvalue weighted by Gasteiger charge is 2.45. The molecule has 1 aliphatic heterocycles. The smallest absolute Gasteiger partial charge is 0.0743 e. The zero-order valence-electron chi connectivity index (χ0n) is 33.2. The van der Waals surface area contributed by atoms with Crippen LogP contribution in [0, 0.1) is 13.8 Å². The van der Waals surface area contributed by atoms with E-state index in [9.17, 15) is 0 Å². The van der Waals surface area contributed by atoms with Crippen molar-refractivity contribution in [2.45, 2.75) is 19.3 Å². The Balaban J connectivity index is 1.20. The highest BCUT2D eigenvalue weighted by atomic mass is 15.1. The van der Waals surface area contributed by atoms with Crippen LogP contribution in [0.2, 0.25) is 0 Å². The average Bonchev–Trinajstić information content (AvgIpc) is 3.64. The number of fused-ring (bicyclic) bond motifs is 5. The third-order valence-electron chi connectivity index (χ3n) is 12.4. The molecule has 1 aromatic heterocycles. The highest BCUT2D eigenvalue weighted by Crippen LogP contribution is 2.55. The molecule has 0 unspecified atom stereocenters. The number of hydrogen-bond acceptors (Lipinski definition) is 1. The van der Waals surface area contributed by atoms with Crippen LogP contribution in [0.15, 0.2) is 218 Å². The van der Waals surface area contributed by atoms with E-state index in [0.29, 0.717) is 0 Å². The summed E-state index contributed by atoms with van der Waals surface area (Å²) in [4.78, 5) is 2.42. The van der Waals surface area contributed by atoms with Crippen LogP contribution in [-0.2, 0) is 5.41 Å². The van der Waals surface area contributed by atoms with E-state index in [0.717, 1.165) is 17.1 Å². The van der Waals surface area contributed by atoms with Gasteiger partial charge in [0.15, 0.2) is 0 Å². The van der Waals surface area contributed by atoms with Crippen molar-refractivity contribution in [3.63, 3.8) is 0 Å². The second-order valence-electron chi connectivity index (χ2n) is 15.9. The van der Waals surface area contributed by atoms with Gasteiger partial charge < -0.3 is 9.47 Å². The van der Waals surface area contributed by atoms with Crippen LogP contribution in [0.25, 0.3) is 49.7 Å². The van der Waals surface area contributed by atoms with Crippen molar-refractivity contribution >= 4 is 38.9 Å². The monoisotopic (exact) mass is 754 g/mol. The minimum atomic E-state index is -0.614. The van der Waals surface area contributed by atoms with Crippen molar-refractivity contribution in [1.29, 1.82) is 0 Å². The first-order chi connectivity index (χ1) is 29.1. The summed E-state index contributed by atoms with van der Waals surface area (Å²) in [5, 5.41) is 2.54. The minimum Gasteiger partial charge on any atom is -0.310 e. The van der Waals surface area contributed by atoms with E-state index < -0.39 is 5.41 Å². The molecular formula is C57H42N2. The summed E-state index contributed by atoms with van der Waals surface area (Å²) in [7, 11) is 0. The molecule has 59 heavy (non-hydrogen) atoms. The van der Waals surface area contributed by atoms with Gasteiger partial charge in [-0.15, -0.1) is 0 Å². The number of aryl methyl sites for hydroxylation is 2. The molecule has 2 nitrogen and oxygen atoms in total. The van der Waals surface area contributed by atoms with Gasteiger partial charge in [0.2, 0.25) is 0 Å². The summed E-state index contributed by atoms with van der Waals surface area (Å²) in [5.41, 5.74) is 18.7. The van der Waals surface area contributed by atoms with E-state index in [4.69, 9.17) is 0 Å². The summed E-state index contributed by atoms with van der Waals surface area (Å²) in [6.45, 7) is 4.36. The van der Waals surface area contributed by atoms with E-state index in [1.54, 1.807) is 0 Å². The Labute approximate surface area is 345 Å². The van der Waals surface area contributed by atoms with Crippen molar-refractivity contribution in [3.8, 4) is 27.9 Å². The first-order valence-electron chi connectivity index (χ1n) is 20.5. The van der Waals surface area contributed by atoms with Crippen LogP contribution in [0.3, 0.4) is 0 Å². The molecule has 0 aliphatic carbocycles. The van der Waals surface area contributed by atoms with Crippen molar-refractivity contribution in [2.24, 2.45) is 0 Å². The molecule has 0 bridgehead atoms. The summed E-state index contributed by atoms with van der Waals surface area (Å²) >= 11 is 0. The van der Waals surface area contributed by atoms with Crippen LogP contribution in [0.5, 0.6) is 0 Å². The van der Waals surface area contributed by atoms with Gasteiger partial charge in [0.05, 0.1) is 22.1 Å². The molecule has 10 aromatic rings. The van der Waals surface area contributed by atoms with Gasteiger partial charge >= 0.3 is 0 Å². The molecule has 0 saturated carbocycles. The molecule has 0 radical (unpaired) electrons. The molecule has 9 aromatic carbocycles. The zero-order chi connectivity index (χ0) is 39.5. The number of hydrogen-bond donors (Lipinski definition) is 0. The normalized spacial score (nSPS) is 12.7. The molecular weight excluding hydrogens is 713 g/mol. The lowest BCUT2D eigenvalue weighted by atomic mass is 9.63. The van der Waals surface area contributed by atoms with Gasteiger partial charge in [-0.3, -0.25) is 0 Å². The predicted molar refractivity (Wildman–Crippen MR) is 248 cm³/mol. The quantitative estimate of drug-likeness (QED) is 0.157. The molecule has 0 amide bonds. The number of benzene rings is 9. The van der Waals surface area contributed by atoms with E-state index >= 15 is 0 Å². The molecule has 0 atom stereocenters. The Morgan fingerprint density at radius 1 is 0.373 bits per heavy atom. The maximum Gasteiger partial charge on any atom is 0.0743 e. The van der Waals surface area contributed by atoms with Gasteiger partial charge in [0.1, 0.15) is 0 Å². The Morgan fingerprint density at radius 3 is 1.41 bits per heavy atom. The first kappa shape index (κ1) is 34.8. The summed E-state index contributed by atoms with van der Waals surface area (Å²) < 4.78 is 2.52. The maximum atomic E-state index is 2.52. The van der Waals surface area contributed by atoms with E-state index in [1.807, 2.05) is 0 Å². The van der Waals surface area contributed by atoms with Crippen LogP contribution in [-0.4, -0.2) is 4.57 Å². The third kappa shape index (κ3) is 5.56.